The minimum Gasteiger partial charge on any atom is -0.382 e. The van der Waals surface area contributed by atoms with E-state index in [9.17, 15) is 14.0 Å². The van der Waals surface area contributed by atoms with Gasteiger partial charge in [-0.3, -0.25) is 14.5 Å². The maximum absolute atomic E-state index is 13.0. The fourth-order valence-electron chi connectivity index (χ4n) is 4.42. The zero-order valence-corrected chi connectivity index (χ0v) is 18.0. The summed E-state index contributed by atoms with van der Waals surface area (Å²) in [4.78, 5) is 34.1. The van der Waals surface area contributed by atoms with E-state index in [2.05, 4.69) is 25.5 Å². The van der Waals surface area contributed by atoms with Crippen LogP contribution >= 0.6 is 0 Å². The SMILES string of the molecule is O=C(CN1CCC(Nc2ccnc3[nH]c(=O)c4ccccc4c23)CC1)Nc1ccc(F)cc1. The molecule has 0 atom stereocenters. The van der Waals surface area contributed by atoms with Crippen LogP contribution in [-0.4, -0.2) is 46.5 Å². The highest BCUT2D eigenvalue weighted by molar-refractivity contribution is 6.10. The van der Waals surface area contributed by atoms with Gasteiger partial charge < -0.3 is 15.6 Å². The van der Waals surface area contributed by atoms with Gasteiger partial charge in [0, 0.05) is 52.9 Å². The molecule has 168 valence electrons. The predicted molar refractivity (Wildman–Crippen MR) is 128 cm³/mol. The molecule has 0 saturated carbocycles. The lowest BCUT2D eigenvalue weighted by Gasteiger charge is -2.32. The maximum atomic E-state index is 13.0. The summed E-state index contributed by atoms with van der Waals surface area (Å²) in [6.07, 6.45) is 3.47. The second-order valence-corrected chi connectivity index (χ2v) is 8.33. The Morgan fingerprint density at radius 2 is 1.79 bits per heavy atom. The number of aromatic amines is 1. The van der Waals surface area contributed by atoms with Gasteiger partial charge in [0.05, 0.1) is 6.54 Å². The topological polar surface area (TPSA) is 90.1 Å². The van der Waals surface area contributed by atoms with Gasteiger partial charge >= 0.3 is 0 Å². The number of halogens is 1. The van der Waals surface area contributed by atoms with Crippen molar-refractivity contribution in [3.8, 4) is 0 Å². The van der Waals surface area contributed by atoms with E-state index in [1.54, 1.807) is 18.3 Å². The molecule has 0 spiro atoms. The molecule has 1 amide bonds. The standard InChI is InChI=1S/C25H24FN5O2/c26-16-5-7-17(8-6-16)29-22(32)15-31-13-10-18(11-14-31)28-21-9-12-27-24-23(21)19-3-1-2-4-20(19)25(33)30-24/h1-9,12,18H,10-11,13-15H2,(H,29,32)(H2,27,28,30,33). The summed E-state index contributed by atoms with van der Waals surface area (Å²) in [6.45, 7) is 1.87. The van der Waals surface area contributed by atoms with Crippen LogP contribution in [-0.2, 0) is 4.79 Å². The Hall–Kier alpha value is -3.78. The molecule has 1 fully saturated rings. The van der Waals surface area contributed by atoms with Crippen LogP contribution in [0, 0.1) is 5.82 Å². The minimum atomic E-state index is -0.330. The first-order valence-electron chi connectivity index (χ1n) is 11.0. The number of carbonyl (C=O) groups excluding carboxylic acids is 1. The zero-order chi connectivity index (χ0) is 22.8. The van der Waals surface area contributed by atoms with Crippen molar-refractivity contribution in [2.24, 2.45) is 0 Å². The molecule has 0 unspecified atom stereocenters. The van der Waals surface area contributed by atoms with Crippen LogP contribution in [0.1, 0.15) is 12.8 Å². The summed E-state index contributed by atoms with van der Waals surface area (Å²) < 4.78 is 13.0. The van der Waals surface area contributed by atoms with Crippen LogP contribution in [0.4, 0.5) is 15.8 Å². The fourth-order valence-corrected chi connectivity index (χ4v) is 4.42. The van der Waals surface area contributed by atoms with E-state index in [4.69, 9.17) is 0 Å². The average molecular weight is 445 g/mol. The number of likely N-dealkylation sites (tertiary alicyclic amines) is 1. The summed E-state index contributed by atoms with van der Waals surface area (Å²) in [5.41, 5.74) is 1.96. The third-order valence-corrected chi connectivity index (χ3v) is 6.07. The molecule has 3 N–H and O–H groups in total. The highest BCUT2D eigenvalue weighted by Crippen LogP contribution is 2.28. The molecule has 3 heterocycles. The first-order valence-corrected chi connectivity index (χ1v) is 11.0. The highest BCUT2D eigenvalue weighted by Gasteiger charge is 2.22. The number of carbonyl (C=O) groups is 1. The number of benzene rings is 2. The first kappa shape index (κ1) is 21.1. The molecule has 2 aromatic heterocycles. The molecule has 1 saturated heterocycles. The first-order chi connectivity index (χ1) is 16.1. The van der Waals surface area contributed by atoms with Crippen LogP contribution < -0.4 is 16.2 Å². The van der Waals surface area contributed by atoms with Crippen LogP contribution in [0.25, 0.3) is 21.8 Å². The minimum absolute atomic E-state index is 0.108. The number of amides is 1. The van der Waals surface area contributed by atoms with Gasteiger partial charge in [-0.05, 0) is 49.2 Å². The molecule has 0 bridgehead atoms. The largest absolute Gasteiger partial charge is 0.382 e. The van der Waals surface area contributed by atoms with Gasteiger partial charge in [0.15, 0.2) is 0 Å². The maximum Gasteiger partial charge on any atom is 0.257 e. The number of hydrogen-bond donors (Lipinski definition) is 3. The summed E-state index contributed by atoms with van der Waals surface area (Å²) >= 11 is 0. The lowest BCUT2D eigenvalue weighted by atomic mass is 10.0. The van der Waals surface area contributed by atoms with E-state index < -0.39 is 0 Å². The molecule has 33 heavy (non-hydrogen) atoms. The van der Waals surface area contributed by atoms with Gasteiger partial charge in [0.25, 0.3) is 5.56 Å². The van der Waals surface area contributed by atoms with Gasteiger partial charge in [-0.25, -0.2) is 9.37 Å². The number of nitrogens with one attached hydrogen (secondary N) is 3. The quantitative estimate of drug-likeness (QED) is 0.407. The highest BCUT2D eigenvalue weighted by atomic mass is 19.1. The van der Waals surface area contributed by atoms with Crippen molar-refractivity contribution < 1.29 is 9.18 Å². The molecule has 0 radical (unpaired) electrons. The Bertz CT molecular complexity index is 1360. The lowest BCUT2D eigenvalue weighted by molar-refractivity contribution is -0.117. The monoisotopic (exact) mass is 445 g/mol. The van der Waals surface area contributed by atoms with E-state index in [0.29, 0.717) is 23.3 Å². The fraction of sp³-hybridized carbons (Fsp3) is 0.240. The number of fused-ring (bicyclic) bond motifs is 3. The second-order valence-electron chi connectivity index (χ2n) is 8.33. The Balaban J connectivity index is 1.24. The van der Waals surface area contributed by atoms with Gasteiger partial charge in [-0.1, -0.05) is 18.2 Å². The van der Waals surface area contributed by atoms with Crippen LogP contribution in [0.15, 0.2) is 65.6 Å². The number of aromatic nitrogens is 2. The van der Waals surface area contributed by atoms with E-state index in [-0.39, 0.29) is 23.3 Å². The van der Waals surface area contributed by atoms with E-state index in [1.165, 1.54) is 12.1 Å². The Kier molecular flexibility index (Phi) is 5.75. The molecular weight excluding hydrogens is 421 g/mol. The van der Waals surface area contributed by atoms with Crippen molar-refractivity contribution >= 4 is 39.1 Å². The zero-order valence-electron chi connectivity index (χ0n) is 18.0. The van der Waals surface area contributed by atoms with Crippen LogP contribution in [0.5, 0.6) is 0 Å². The average Bonchev–Trinajstić information content (AvgIpc) is 2.82. The third kappa shape index (κ3) is 4.56. The molecular formula is C25H24FN5O2. The molecule has 0 aliphatic carbocycles. The Morgan fingerprint density at radius 1 is 1.06 bits per heavy atom. The molecule has 8 heteroatoms. The molecule has 2 aromatic carbocycles. The van der Waals surface area contributed by atoms with Gasteiger partial charge in [0.2, 0.25) is 5.91 Å². The molecule has 4 aromatic rings. The summed E-state index contributed by atoms with van der Waals surface area (Å²) in [6, 6.07) is 15.5. The van der Waals surface area contributed by atoms with E-state index >= 15 is 0 Å². The van der Waals surface area contributed by atoms with Gasteiger partial charge in [-0.2, -0.15) is 0 Å². The van der Waals surface area contributed by atoms with Crippen molar-refractivity contribution in [1.82, 2.24) is 14.9 Å². The van der Waals surface area contributed by atoms with Crippen molar-refractivity contribution in [2.45, 2.75) is 18.9 Å². The third-order valence-electron chi connectivity index (χ3n) is 6.07. The van der Waals surface area contributed by atoms with Crippen LogP contribution in [0.2, 0.25) is 0 Å². The predicted octanol–water partition coefficient (Wildman–Crippen LogP) is 3.73. The van der Waals surface area contributed by atoms with Crippen molar-refractivity contribution in [3.05, 3.63) is 77.0 Å². The van der Waals surface area contributed by atoms with E-state index in [1.807, 2.05) is 30.3 Å². The van der Waals surface area contributed by atoms with Crippen molar-refractivity contribution in [3.63, 3.8) is 0 Å². The van der Waals surface area contributed by atoms with Crippen LogP contribution in [0.3, 0.4) is 0 Å². The van der Waals surface area contributed by atoms with E-state index in [0.717, 1.165) is 42.4 Å². The second kappa shape index (κ2) is 8.99. The Morgan fingerprint density at radius 3 is 2.55 bits per heavy atom. The number of anilines is 2. The number of H-pyrrole nitrogens is 1. The summed E-state index contributed by atoms with van der Waals surface area (Å²) in [5, 5.41) is 8.87. The Labute approximate surface area is 189 Å². The normalized spacial score (nSPS) is 15.1. The van der Waals surface area contributed by atoms with Crippen molar-refractivity contribution in [2.75, 3.05) is 30.3 Å². The van der Waals surface area contributed by atoms with Gasteiger partial charge in [-0.15, -0.1) is 0 Å². The molecule has 1 aliphatic heterocycles. The summed E-state index contributed by atoms with van der Waals surface area (Å²) in [5.74, 6) is -0.438. The molecule has 1 aliphatic rings. The lowest BCUT2D eigenvalue weighted by Crippen LogP contribution is -2.42. The smallest absolute Gasteiger partial charge is 0.257 e. The molecule has 5 rings (SSSR count). The number of nitrogens with zero attached hydrogens (tertiary/aromatic N) is 2. The summed E-state index contributed by atoms with van der Waals surface area (Å²) in [7, 11) is 0. The van der Waals surface area contributed by atoms with Gasteiger partial charge in [0.1, 0.15) is 11.5 Å². The number of rotatable bonds is 5. The number of piperidine rings is 1. The van der Waals surface area contributed by atoms with Crippen molar-refractivity contribution in [1.29, 1.82) is 0 Å². The number of hydrogen-bond acceptors (Lipinski definition) is 5. The number of pyridine rings is 2. The molecule has 7 nitrogen and oxygen atoms in total.